The van der Waals surface area contributed by atoms with E-state index in [9.17, 15) is 4.79 Å². The van der Waals surface area contributed by atoms with Gasteiger partial charge in [0.1, 0.15) is 5.76 Å². The Kier molecular flexibility index (Phi) is 4.70. The van der Waals surface area contributed by atoms with Crippen LogP contribution >= 0.6 is 0 Å². The topological polar surface area (TPSA) is 96.2 Å². The first kappa shape index (κ1) is 15.3. The number of hydrogen-bond acceptors (Lipinski definition) is 7. The highest BCUT2D eigenvalue weighted by Gasteiger charge is 2.13. The van der Waals surface area contributed by atoms with Crippen LogP contribution in [0.15, 0.2) is 22.9 Å². The molecular weight excluding hydrogens is 296 g/mol. The van der Waals surface area contributed by atoms with Crippen LogP contribution in [-0.2, 0) is 0 Å². The zero-order valence-corrected chi connectivity index (χ0v) is 13.1. The molecule has 3 rings (SSSR count). The fraction of sp³-hybridized carbons (Fsp3) is 0.467. The second-order valence-electron chi connectivity index (χ2n) is 5.50. The molecule has 0 unspecified atom stereocenters. The molecule has 0 aliphatic carbocycles. The van der Waals surface area contributed by atoms with Gasteiger partial charge in [0.2, 0.25) is 0 Å². The second kappa shape index (κ2) is 7.08. The van der Waals surface area contributed by atoms with E-state index in [-0.39, 0.29) is 5.91 Å². The summed E-state index contributed by atoms with van der Waals surface area (Å²) in [7, 11) is 0. The van der Waals surface area contributed by atoms with E-state index in [2.05, 4.69) is 30.9 Å². The van der Waals surface area contributed by atoms with Crippen molar-refractivity contribution in [2.75, 3.05) is 36.4 Å². The Hall–Kier alpha value is -2.64. The van der Waals surface area contributed by atoms with Crippen molar-refractivity contribution in [3.63, 3.8) is 0 Å². The molecule has 1 amide bonds. The van der Waals surface area contributed by atoms with E-state index in [1.165, 1.54) is 12.8 Å². The smallest absolute Gasteiger partial charge is 0.273 e. The first-order valence-electron chi connectivity index (χ1n) is 7.75. The summed E-state index contributed by atoms with van der Waals surface area (Å²) in [6.07, 6.45) is 4.22. The maximum absolute atomic E-state index is 11.8. The molecule has 0 aromatic carbocycles. The van der Waals surface area contributed by atoms with Crippen LogP contribution in [0, 0.1) is 6.92 Å². The van der Waals surface area contributed by atoms with Crippen molar-refractivity contribution >= 4 is 17.4 Å². The van der Waals surface area contributed by atoms with Crippen LogP contribution in [0.4, 0.5) is 11.5 Å². The zero-order valence-electron chi connectivity index (χ0n) is 13.1. The molecule has 8 nitrogen and oxygen atoms in total. The minimum Gasteiger partial charge on any atom is -0.370 e. The predicted molar refractivity (Wildman–Crippen MR) is 85.5 cm³/mol. The molecule has 1 saturated heterocycles. The molecule has 0 saturated carbocycles. The average molecular weight is 316 g/mol. The van der Waals surface area contributed by atoms with Gasteiger partial charge in [0.15, 0.2) is 11.5 Å². The highest BCUT2D eigenvalue weighted by Crippen LogP contribution is 2.20. The fourth-order valence-corrected chi connectivity index (χ4v) is 2.52. The minimum atomic E-state index is -0.249. The largest absolute Gasteiger partial charge is 0.370 e. The summed E-state index contributed by atoms with van der Waals surface area (Å²) in [4.78, 5) is 14.1. The van der Waals surface area contributed by atoms with Crippen molar-refractivity contribution in [2.24, 2.45) is 0 Å². The molecule has 8 heteroatoms. The maximum atomic E-state index is 11.8. The second-order valence-corrected chi connectivity index (χ2v) is 5.50. The lowest BCUT2D eigenvalue weighted by molar-refractivity contribution is 0.0946. The van der Waals surface area contributed by atoms with E-state index in [4.69, 9.17) is 4.52 Å². The van der Waals surface area contributed by atoms with E-state index in [1.54, 1.807) is 19.2 Å². The molecule has 0 atom stereocenters. The zero-order chi connectivity index (χ0) is 16.1. The van der Waals surface area contributed by atoms with E-state index in [0.29, 0.717) is 30.4 Å². The molecule has 1 aliphatic rings. The molecule has 1 fully saturated rings. The molecular formula is C15H20N6O2. The first-order chi connectivity index (χ1) is 11.2. The lowest BCUT2D eigenvalue weighted by Gasteiger charge is -2.17. The lowest BCUT2D eigenvalue weighted by Crippen LogP contribution is -2.29. The Bertz CT molecular complexity index is 665. The highest BCUT2D eigenvalue weighted by molar-refractivity contribution is 5.92. The molecule has 2 N–H and O–H groups in total. The third-order valence-electron chi connectivity index (χ3n) is 3.69. The van der Waals surface area contributed by atoms with Gasteiger partial charge in [0, 0.05) is 38.3 Å². The van der Waals surface area contributed by atoms with Crippen LogP contribution in [0.3, 0.4) is 0 Å². The predicted octanol–water partition coefficient (Wildman–Crippen LogP) is 1.22. The monoisotopic (exact) mass is 316 g/mol. The molecule has 1 aliphatic heterocycles. The van der Waals surface area contributed by atoms with Gasteiger partial charge in [-0.3, -0.25) is 4.79 Å². The molecule has 0 bridgehead atoms. The van der Waals surface area contributed by atoms with Crippen molar-refractivity contribution in [3.8, 4) is 0 Å². The summed E-state index contributed by atoms with van der Waals surface area (Å²) in [5.41, 5.74) is 1.38. The quantitative estimate of drug-likeness (QED) is 0.773. The van der Waals surface area contributed by atoms with Crippen LogP contribution < -0.4 is 15.5 Å². The third kappa shape index (κ3) is 3.97. The number of anilines is 2. The van der Waals surface area contributed by atoms with Crippen molar-refractivity contribution in [1.29, 1.82) is 0 Å². The maximum Gasteiger partial charge on any atom is 0.273 e. The van der Waals surface area contributed by atoms with Gasteiger partial charge >= 0.3 is 0 Å². The Morgan fingerprint density at radius 1 is 1.30 bits per heavy atom. The Morgan fingerprint density at radius 2 is 2.13 bits per heavy atom. The average Bonchev–Trinajstić information content (AvgIpc) is 3.23. The first-order valence-corrected chi connectivity index (χ1v) is 7.75. The third-order valence-corrected chi connectivity index (χ3v) is 3.69. The van der Waals surface area contributed by atoms with E-state index < -0.39 is 0 Å². The number of amides is 1. The normalized spacial score (nSPS) is 14.0. The summed E-state index contributed by atoms with van der Waals surface area (Å²) in [5, 5.41) is 17.7. The van der Waals surface area contributed by atoms with E-state index in [0.717, 1.165) is 18.8 Å². The summed E-state index contributed by atoms with van der Waals surface area (Å²) in [6.45, 7) is 4.90. The van der Waals surface area contributed by atoms with Gasteiger partial charge in [-0.25, -0.2) is 0 Å². The number of carbonyl (C=O) groups is 1. The summed E-state index contributed by atoms with van der Waals surface area (Å²) < 4.78 is 4.87. The number of aromatic nitrogens is 3. The number of carbonyl (C=O) groups excluding carboxylic acids is 1. The Morgan fingerprint density at radius 3 is 2.87 bits per heavy atom. The Labute approximate surface area is 134 Å². The molecule has 2 aromatic rings. The SMILES string of the molecule is Cc1cc(C(=O)NCCNc2cc(N3CCCC3)cnn2)no1. The van der Waals surface area contributed by atoms with E-state index in [1.807, 2.05) is 6.07 Å². The van der Waals surface area contributed by atoms with Gasteiger partial charge in [-0.1, -0.05) is 5.16 Å². The molecule has 0 spiro atoms. The molecule has 0 radical (unpaired) electrons. The number of hydrogen-bond donors (Lipinski definition) is 2. The van der Waals surface area contributed by atoms with Crippen molar-refractivity contribution in [2.45, 2.75) is 19.8 Å². The lowest BCUT2D eigenvalue weighted by atomic mass is 10.3. The van der Waals surface area contributed by atoms with Gasteiger partial charge in [0.05, 0.1) is 11.9 Å². The van der Waals surface area contributed by atoms with Crippen LogP contribution in [0.25, 0.3) is 0 Å². The van der Waals surface area contributed by atoms with Gasteiger partial charge in [-0.05, 0) is 19.8 Å². The van der Waals surface area contributed by atoms with Crippen molar-refractivity contribution in [3.05, 3.63) is 29.8 Å². The van der Waals surface area contributed by atoms with E-state index >= 15 is 0 Å². The molecule has 23 heavy (non-hydrogen) atoms. The number of nitrogens with zero attached hydrogens (tertiary/aromatic N) is 4. The Balaban J connectivity index is 1.45. The van der Waals surface area contributed by atoms with Crippen LogP contribution in [0.5, 0.6) is 0 Å². The summed E-state index contributed by atoms with van der Waals surface area (Å²) in [5.74, 6) is 1.07. The number of nitrogens with one attached hydrogen (secondary N) is 2. The minimum absolute atomic E-state index is 0.249. The van der Waals surface area contributed by atoms with Gasteiger partial charge in [-0.2, -0.15) is 5.10 Å². The van der Waals surface area contributed by atoms with Crippen LogP contribution in [0.1, 0.15) is 29.1 Å². The van der Waals surface area contributed by atoms with Crippen LogP contribution in [0.2, 0.25) is 0 Å². The van der Waals surface area contributed by atoms with Gasteiger partial charge in [-0.15, -0.1) is 5.10 Å². The molecule has 3 heterocycles. The van der Waals surface area contributed by atoms with Gasteiger partial charge in [0.25, 0.3) is 5.91 Å². The summed E-state index contributed by atoms with van der Waals surface area (Å²) in [6, 6.07) is 3.59. The van der Waals surface area contributed by atoms with Crippen LogP contribution in [-0.4, -0.2) is 47.4 Å². The highest BCUT2D eigenvalue weighted by atomic mass is 16.5. The molecule has 122 valence electrons. The fourth-order valence-electron chi connectivity index (χ4n) is 2.52. The number of aryl methyl sites for hydroxylation is 1. The van der Waals surface area contributed by atoms with Gasteiger partial charge < -0.3 is 20.1 Å². The number of rotatable bonds is 6. The molecule has 2 aromatic heterocycles. The standard InChI is InChI=1S/C15H20N6O2/c1-11-8-13(20-23-11)15(22)17-5-4-16-14-9-12(10-18-19-14)21-6-2-3-7-21/h8-10H,2-7H2,1H3,(H,16,19)(H,17,22). The van der Waals surface area contributed by atoms with Crippen molar-refractivity contribution in [1.82, 2.24) is 20.7 Å². The van der Waals surface area contributed by atoms with Crippen molar-refractivity contribution < 1.29 is 9.32 Å². The summed E-state index contributed by atoms with van der Waals surface area (Å²) >= 11 is 0.